The molecule has 2 radical (unpaired) electrons. The molecule has 0 bridgehead atoms. The second kappa shape index (κ2) is 5.93. The van der Waals surface area contributed by atoms with E-state index in [-0.39, 0.29) is 0 Å². The molecule has 1 unspecified atom stereocenters. The standard InChI is InChI=1S/C13H26BN/c1-13(2,3)9-5-4-7-12-8-6-10-15(14)11-12/h12H,4-11H2,1-3H3. The molecule has 0 amide bonds. The maximum Gasteiger partial charge on any atom is 0.182 e. The Balaban J connectivity index is 2.04. The Hall–Kier alpha value is 0.0249. The highest BCUT2D eigenvalue weighted by atomic mass is 15.0. The fourth-order valence-corrected chi connectivity index (χ4v) is 2.42. The van der Waals surface area contributed by atoms with Crippen molar-refractivity contribution in [3.05, 3.63) is 0 Å². The SMILES string of the molecule is [B]N1CCCC(CCCCC(C)(C)C)C1. The van der Waals surface area contributed by atoms with E-state index in [4.69, 9.17) is 7.98 Å². The van der Waals surface area contributed by atoms with Gasteiger partial charge >= 0.3 is 0 Å². The predicted octanol–water partition coefficient (Wildman–Crippen LogP) is 3.39. The number of unbranched alkanes of at least 4 members (excludes halogenated alkanes) is 1. The lowest BCUT2D eigenvalue weighted by molar-refractivity contribution is 0.253. The van der Waals surface area contributed by atoms with E-state index in [0.717, 1.165) is 19.0 Å². The molecule has 2 heteroatoms. The molecule has 0 saturated carbocycles. The first-order valence-electron chi connectivity index (χ1n) is 6.47. The van der Waals surface area contributed by atoms with Gasteiger partial charge in [0.15, 0.2) is 7.98 Å². The van der Waals surface area contributed by atoms with Gasteiger partial charge in [-0.25, -0.2) is 0 Å². The van der Waals surface area contributed by atoms with Crippen LogP contribution in [0.3, 0.4) is 0 Å². The van der Waals surface area contributed by atoms with Crippen molar-refractivity contribution in [1.82, 2.24) is 4.81 Å². The molecule has 1 nitrogen and oxygen atoms in total. The Morgan fingerprint density at radius 3 is 2.60 bits per heavy atom. The largest absolute Gasteiger partial charge is 0.353 e. The van der Waals surface area contributed by atoms with Crippen molar-refractivity contribution in [3.63, 3.8) is 0 Å². The summed E-state index contributed by atoms with van der Waals surface area (Å²) in [6, 6.07) is 0. The van der Waals surface area contributed by atoms with Crippen molar-refractivity contribution in [2.75, 3.05) is 13.1 Å². The van der Waals surface area contributed by atoms with Crippen LogP contribution in [-0.4, -0.2) is 25.9 Å². The van der Waals surface area contributed by atoms with Crippen LogP contribution in [0.5, 0.6) is 0 Å². The van der Waals surface area contributed by atoms with Gasteiger partial charge in [-0.05, 0) is 50.1 Å². The summed E-state index contributed by atoms with van der Waals surface area (Å²) in [6.07, 6.45) is 8.18. The van der Waals surface area contributed by atoms with E-state index in [9.17, 15) is 0 Å². The highest BCUT2D eigenvalue weighted by Crippen LogP contribution is 2.25. The zero-order valence-electron chi connectivity index (χ0n) is 10.8. The molecule has 1 fully saturated rings. The fraction of sp³-hybridized carbons (Fsp3) is 1.00. The quantitative estimate of drug-likeness (QED) is 0.504. The summed E-state index contributed by atoms with van der Waals surface area (Å²) in [4.78, 5) is 2.00. The highest BCUT2D eigenvalue weighted by molar-refractivity contribution is 6.04. The Kier molecular flexibility index (Phi) is 5.18. The van der Waals surface area contributed by atoms with Crippen LogP contribution in [0.2, 0.25) is 0 Å². The van der Waals surface area contributed by atoms with Gasteiger partial charge in [0.1, 0.15) is 0 Å². The molecular formula is C13H26BN. The monoisotopic (exact) mass is 207 g/mol. The molecule has 1 aliphatic rings. The summed E-state index contributed by atoms with van der Waals surface area (Å²) in [7, 11) is 5.83. The van der Waals surface area contributed by atoms with Crippen LogP contribution < -0.4 is 0 Å². The molecular weight excluding hydrogens is 181 g/mol. The molecule has 0 aromatic heterocycles. The number of hydrogen-bond acceptors (Lipinski definition) is 1. The van der Waals surface area contributed by atoms with Gasteiger partial charge in [0, 0.05) is 0 Å². The lowest BCUT2D eigenvalue weighted by Gasteiger charge is -2.30. The summed E-state index contributed by atoms with van der Waals surface area (Å²) in [5.74, 6) is 0.865. The third kappa shape index (κ3) is 6.24. The smallest absolute Gasteiger partial charge is 0.182 e. The molecule has 15 heavy (non-hydrogen) atoms. The third-order valence-electron chi connectivity index (χ3n) is 3.34. The number of piperidine rings is 1. The summed E-state index contributed by atoms with van der Waals surface area (Å²) in [6.45, 7) is 9.20. The molecule has 0 aliphatic carbocycles. The molecule has 1 atom stereocenters. The lowest BCUT2D eigenvalue weighted by Crippen LogP contribution is -2.33. The summed E-state index contributed by atoms with van der Waals surface area (Å²) in [5.41, 5.74) is 0.506. The van der Waals surface area contributed by atoms with Gasteiger partial charge in [0.05, 0.1) is 0 Å². The van der Waals surface area contributed by atoms with Crippen LogP contribution in [0.1, 0.15) is 59.3 Å². The minimum atomic E-state index is 0.506. The van der Waals surface area contributed by atoms with Gasteiger partial charge in [-0.3, -0.25) is 0 Å². The van der Waals surface area contributed by atoms with E-state index in [1.54, 1.807) is 0 Å². The average Bonchev–Trinajstić information content (AvgIpc) is 2.11. The van der Waals surface area contributed by atoms with Gasteiger partial charge in [0.25, 0.3) is 0 Å². The fourth-order valence-electron chi connectivity index (χ4n) is 2.42. The van der Waals surface area contributed by atoms with E-state index < -0.39 is 0 Å². The first-order chi connectivity index (χ1) is 6.97. The number of hydrogen-bond donors (Lipinski definition) is 0. The Bertz CT molecular complexity index is 174. The van der Waals surface area contributed by atoms with Crippen LogP contribution in [0.25, 0.3) is 0 Å². The molecule has 0 aromatic carbocycles. The van der Waals surface area contributed by atoms with E-state index >= 15 is 0 Å². The molecule has 1 heterocycles. The first-order valence-corrected chi connectivity index (χ1v) is 6.47. The van der Waals surface area contributed by atoms with Crippen LogP contribution >= 0.6 is 0 Å². The molecule has 0 aromatic rings. The minimum absolute atomic E-state index is 0.506. The van der Waals surface area contributed by atoms with Crippen molar-refractivity contribution in [2.45, 2.75) is 59.3 Å². The van der Waals surface area contributed by atoms with E-state index in [2.05, 4.69) is 20.8 Å². The van der Waals surface area contributed by atoms with Crippen molar-refractivity contribution >= 4 is 7.98 Å². The van der Waals surface area contributed by atoms with Crippen LogP contribution in [0.15, 0.2) is 0 Å². The van der Waals surface area contributed by atoms with Gasteiger partial charge in [-0.15, -0.1) is 0 Å². The molecule has 0 N–H and O–H groups in total. The van der Waals surface area contributed by atoms with Crippen LogP contribution in [0, 0.1) is 11.3 Å². The molecule has 1 saturated heterocycles. The van der Waals surface area contributed by atoms with E-state index in [1.807, 2.05) is 4.81 Å². The lowest BCUT2D eigenvalue weighted by atomic mass is 9.86. The van der Waals surface area contributed by atoms with Crippen LogP contribution in [0.4, 0.5) is 0 Å². The van der Waals surface area contributed by atoms with Gasteiger partial charge in [0.2, 0.25) is 0 Å². The van der Waals surface area contributed by atoms with Gasteiger partial charge in [-0.2, -0.15) is 0 Å². The third-order valence-corrected chi connectivity index (χ3v) is 3.34. The first kappa shape index (κ1) is 13.1. The van der Waals surface area contributed by atoms with Crippen LogP contribution in [-0.2, 0) is 0 Å². The Morgan fingerprint density at radius 1 is 1.27 bits per heavy atom. The summed E-state index contributed by atoms with van der Waals surface area (Å²) < 4.78 is 0. The maximum atomic E-state index is 5.83. The van der Waals surface area contributed by atoms with Gasteiger partial charge < -0.3 is 4.81 Å². The van der Waals surface area contributed by atoms with Crippen molar-refractivity contribution in [3.8, 4) is 0 Å². The number of nitrogens with zero attached hydrogens (tertiary/aromatic N) is 1. The second-order valence-corrected chi connectivity index (χ2v) is 6.31. The normalized spacial score (nSPS) is 24.3. The van der Waals surface area contributed by atoms with E-state index in [0.29, 0.717) is 5.41 Å². The van der Waals surface area contributed by atoms with Crippen molar-refractivity contribution in [2.24, 2.45) is 11.3 Å². The topological polar surface area (TPSA) is 3.24 Å². The Labute approximate surface area is 97.0 Å². The maximum absolute atomic E-state index is 5.83. The zero-order valence-corrected chi connectivity index (χ0v) is 10.8. The predicted molar refractivity (Wildman–Crippen MR) is 68.0 cm³/mol. The molecule has 1 aliphatic heterocycles. The molecule has 1 rings (SSSR count). The second-order valence-electron chi connectivity index (χ2n) is 6.31. The molecule has 0 spiro atoms. The highest BCUT2D eigenvalue weighted by Gasteiger charge is 2.16. The summed E-state index contributed by atoms with van der Waals surface area (Å²) >= 11 is 0. The Morgan fingerprint density at radius 2 is 2.00 bits per heavy atom. The summed E-state index contributed by atoms with van der Waals surface area (Å²) in [5, 5.41) is 0. The van der Waals surface area contributed by atoms with Crippen molar-refractivity contribution in [1.29, 1.82) is 0 Å². The molecule has 86 valence electrons. The number of rotatable bonds is 4. The zero-order chi connectivity index (χ0) is 11.3. The van der Waals surface area contributed by atoms with E-state index in [1.165, 1.54) is 38.5 Å². The minimum Gasteiger partial charge on any atom is -0.353 e. The average molecular weight is 207 g/mol. The van der Waals surface area contributed by atoms with Gasteiger partial charge in [-0.1, -0.05) is 33.6 Å². The van der Waals surface area contributed by atoms with Crippen molar-refractivity contribution < 1.29 is 0 Å².